The molecular formula is C12H24O3. The van der Waals surface area contributed by atoms with E-state index in [9.17, 15) is 0 Å². The van der Waals surface area contributed by atoms with Crippen LogP contribution in [-0.2, 0) is 14.2 Å². The molecule has 15 heavy (non-hydrogen) atoms. The molecule has 0 unspecified atom stereocenters. The van der Waals surface area contributed by atoms with Crippen molar-refractivity contribution >= 4 is 0 Å². The summed E-state index contributed by atoms with van der Waals surface area (Å²) in [7, 11) is 0. The van der Waals surface area contributed by atoms with Crippen molar-refractivity contribution < 1.29 is 14.2 Å². The zero-order valence-corrected chi connectivity index (χ0v) is 10.3. The van der Waals surface area contributed by atoms with Gasteiger partial charge in [0.25, 0.3) is 5.97 Å². The van der Waals surface area contributed by atoms with Gasteiger partial charge in [0.2, 0.25) is 0 Å². The van der Waals surface area contributed by atoms with Gasteiger partial charge in [0.15, 0.2) is 0 Å². The first-order chi connectivity index (χ1) is 7.29. The smallest absolute Gasteiger partial charge is 0.285 e. The Bertz CT molecular complexity index is 147. The highest BCUT2D eigenvalue weighted by atomic mass is 16.9. The fraction of sp³-hybridized carbons (Fsp3) is 1.00. The molecule has 0 atom stereocenters. The van der Waals surface area contributed by atoms with Gasteiger partial charge in [-0.15, -0.1) is 0 Å². The molecule has 1 saturated carbocycles. The van der Waals surface area contributed by atoms with Crippen molar-refractivity contribution in [3.63, 3.8) is 0 Å². The van der Waals surface area contributed by atoms with Crippen LogP contribution in [0.25, 0.3) is 0 Å². The molecule has 1 fully saturated rings. The van der Waals surface area contributed by atoms with Gasteiger partial charge in [0.05, 0.1) is 0 Å². The van der Waals surface area contributed by atoms with E-state index in [1.54, 1.807) is 0 Å². The third kappa shape index (κ3) is 3.16. The average molecular weight is 216 g/mol. The van der Waals surface area contributed by atoms with Gasteiger partial charge in [-0.25, -0.2) is 0 Å². The lowest BCUT2D eigenvalue weighted by atomic mass is 10.1. The molecule has 1 aliphatic rings. The summed E-state index contributed by atoms with van der Waals surface area (Å²) in [4.78, 5) is 0. The first kappa shape index (κ1) is 12.9. The lowest BCUT2D eigenvalue weighted by Gasteiger charge is -2.37. The fourth-order valence-electron chi connectivity index (χ4n) is 2.36. The Morgan fingerprint density at radius 3 is 1.60 bits per heavy atom. The normalized spacial score (nSPS) is 18.6. The molecule has 3 nitrogen and oxygen atoms in total. The van der Waals surface area contributed by atoms with Crippen LogP contribution < -0.4 is 0 Å². The third-order valence-electron chi connectivity index (χ3n) is 2.89. The minimum Gasteiger partial charge on any atom is -0.328 e. The predicted molar refractivity (Wildman–Crippen MR) is 59.6 cm³/mol. The van der Waals surface area contributed by atoms with Gasteiger partial charge in [-0.2, -0.15) is 0 Å². The van der Waals surface area contributed by atoms with Crippen LogP contribution in [0.5, 0.6) is 0 Å². The van der Waals surface area contributed by atoms with E-state index in [0.717, 1.165) is 12.8 Å². The Morgan fingerprint density at radius 1 is 0.867 bits per heavy atom. The zero-order chi connectivity index (χ0) is 11.1. The summed E-state index contributed by atoms with van der Waals surface area (Å²) >= 11 is 0. The van der Waals surface area contributed by atoms with Crippen LogP contribution in [0.15, 0.2) is 0 Å². The topological polar surface area (TPSA) is 27.7 Å². The van der Waals surface area contributed by atoms with Crippen molar-refractivity contribution in [3.05, 3.63) is 0 Å². The quantitative estimate of drug-likeness (QED) is 0.612. The van der Waals surface area contributed by atoms with E-state index in [1.165, 1.54) is 12.8 Å². The van der Waals surface area contributed by atoms with Gasteiger partial charge in [-0.05, 0) is 33.6 Å². The standard InChI is InChI=1S/C12H24O3/c1-4-13-12(14-5-2,15-6-3)11-9-7-8-10-11/h11H,4-10H2,1-3H3. The van der Waals surface area contributed by atoms with E-state index in [4.69, 9.17) is 14.2 Å². The summed E-state index contributed by atoms with van der Waals surface area (Å²) in [5, 5.41) is 0. The van der Waals surface area contributed by atoms with Crippen molar-refractivity contribution in [1.82, 2.24) is 0 Å². The molecule has 0 aliphatic heterocycles. The highest BCUT2D eigenvalue weighted by Gasteiger charge is 2.43. The molecule has 0 amide bonds. The van der Waals surface area contributed by atoms with E-state index < -0.39 is 5.97 Å². The van der Waals surface area contributed by atoms with Crippen LogP contribution in [0.4, 0.5) is 0 Å². The number of hydrogen-bond acceptors (Lipinski definition) is 3. The van der Waals surface area contributed by atoms with Gasteiger partial charge >= 0.3 is 0 Å². The van der Waals surface area contributed by atoms with Crippen molar-refractivity contribution in [2.75, 3.05) is 19.8 Å². The fourth-order valence-corrected chi connectivity index (χ4v) is 2.36. The molecule has 0 aromatic rings. The summed E-state index contributed by atoms with van der Waals surface area (Å²) in [6, 6.07) is 0. The molecular weight excluding hydrogens is 192 g/mol. The minimum atomic E-state index is -0.769. The second-order valence-corrected chi connectivity index (χ2v) is 3.88. The van der Waals surface area contributed by atoms with E-state index in [-0.39, 0.29) is 0 Å². The van der Waals surface area contributed by atoms with Gasteiger partial charge < -0.3 is 14.2 Å². The molecule has 1 rings (SSSR count). The number of rotatable bonds is 7. The Morgan fingerprint density at radius 2 is 1.27 bits per heavy atom. The third-order valence-corrected chi connectivity index (χ3v) is 2.89. The largest absolute Gasteiger partial charge is 0.328 e. The lowest BCUT2D eigenvalue weighted by molar-refractivity contribution is -0.400. The summed E-state index contributed by atoms with van der Waals surface area (Å²) in [5.74, 6) is -0.369. The van der Waals surface area contributed by atoms with Crippen molar-refractivity contribution in [1.29, 1.82) is 0 Å². The molecule has 0 aromatic heterocycles. The van der Waals surface area contributed by atoms with Crippen molar-refractivity contribution in [3.8, 4) is 0 Å². The molecule has 0 aromatic carbocycles. The summed E-state index contributed by atoms with van der Waals surface area (Å²) in [6.07, 6.45) is 4.83. The molecule has 90 valence electrons. The van der Waals surface area contributed by atoms with Crippen LogP contribution in [0.2, 0.25) is 0 Å². The highest BCUT2D eigenvalue weighted by molar-refractivity contribution is 4.77. The first-order valence-corrected chi connectivity index (χ1v) is 6.20. The van der Waals surface area contributed by atoms with Crippen LogP contribution in [0.1, 0.15) is 46.5 Å². The second-order valence-electron chi connectivity index (χ2n) is 3.88. The van der Waals surface area contributed by atoms with Gasteiger partial charge in [-0.1, -0.05) is 12.8 Å². The molecule has 0 N–H and O–H groups in total. The number of ether oxygens (including phenoxy) is 3. The van der Waals surface area contributed by atoms with Crippen LogP contribution in [0.3, 0.4) is 0 Å². The van der Waals surface area contributed by atoms with Crippen molar-refractivity contribution in [2.45, 2.75) is 52.4 Å². The van der Waals surface area contributed by atoms with Crippen LogP contribution in [0, 0.1) is 5.92 Å². The van der Waals surface area contributed by atoms with E-state index in [2.05, 4.69) is 0 Å². The minimum absolute atomic E-state index is 0.400. The number of hydrogen-bond donors (Lipinski definition) is 0. The van der Waals surface area contributed by atoms with Crippen LogP contribution in [-0.4, -0.2) is 25.8 Å². The van der Waals surface area contributed by atoms with E-state index in [1.807, 2.05) is 20.8 Å². The van der Waals surface area contributed by atoms with Crippen LogP contribution >= 0.6 is 0 Å². The lowest BCUT2D eigenvalue weighted by Crippen LogP contribution is -2.45. The van der Waals surface area contributed by atoms with E-state index >= 15 is 0 Å². The molecule has 1 aliphatic carbocycles. The maximum atomic E-state index is 5.75. The molecule has 0 heterocycles. The Labute approximate surface area is 93.1 Å². The summed E-state index contributed by atoms with van der Waals surface area (Å²) in [6.45, 7) is 7.87. The second kappa shape index (κ2) is 6.46. The van der Waals surface area contributed by atoms with Gasteiger partial charge in [0.1, 0.15) is 0 Å². The zero-order valence-electron chi connectivity index (χ0n) is 10.3. The Kier molecular flexibility index (Phi) is 5.58. The molecule has 3 heteroatoms. The Hall–Kier alpha value is -0.120. The average Bonchev–Trinajstić information content (AvgIpc) is 2.72. The molecule has 0 saturated heterocycles. The van der Waals surface area contributed by atoms with Crippen molar-refractivity contribution in [2.24, 2.45) is 5.92 Å². The van der Waals surface area contributed by atoms with Gasteiger partial charge in [0, 0.05) is 25.7 Å². The summed E-state index contributed by atoms with van der Waals surface area (Å²) < 4.78 is 17.2. The molecule has 0 radical (unpaired) electrons. The maximum absolute atomic E-state index is 5.75. The molecule has 0 spiro atoms. The molecule has 0 bridgehead atoms. The summed E-state index contributed by atoms with van der Waals surface area (Å²) in [5.41, 5.74) is 0. The maximum Gasteiger partial charge on any atom is 0.285 e. The first-order valence-electron chi connectivity index (χ1n) is 6.20. The predicted octanol–water partition coefficient (Wildman–Crippen LogP) is 2.94. The Balaban J connectivity index is 2.68. The van der Waals surface area contributed by atoms with E-state index in [0.29, 0.717) is 25.7 Å². The van der Waals surface area contributed by atoms with Gasteiger partial charge in [-0.3, -0.25) is 0 Å². The SMILES string of the molecule is CCOC(OCC)(OCC)C1CCCC1. The highest BCUT2D eigenvalue weighted by Crippen LogP contribution is 2.38. The monoisotopic (exact) mass is 216 g/mol.